The predicted molar refractivity (Wildman–Crippen MR) is 61.6 cm³/mol. The number of rotatable bonds is 5. The Morgan fingerprint density at radius 2 is 2.17 bits per heavy atom. The Balaban J connectivity index is 2.98. The van der Waals surface area contributed by atoms with Crippen LogP contribution >= 0.6 is 0 Å². The number of carbonyl (C=O) groups excluding carboxylic acids is 1. The highest BCUT2D eigenvalue weighted by molar-refractivity contribution is 5.96. The molecule has 98 valence electrons. The van der Waals surface area contributed by atoms with Crippen LogP contribution in [0.1, 0.15) is 15.9 Å². The number of hydrogen-bond donors (Lipinski definition) is 4. The predicted octanol–water partition coefficient (Wildman–Crippen LogP) is -0.231. The molecule has 7 nitrogen and oxygen atoms in total. The minimum Gasteiger partial charge on any atom is -0.496 e. The fourth-order valence-electron chi connectivity index (χ4n) is 1.45. The molecule has 7 heteroatoms. The molecule has 1 aromatic carbocycles. The Hall–Kier alpha value is -2.12. The van der Waals surface area contributed by atoms with E-state index in [1.54, 1.807) is 6.07 Å². The third-order valence-electron chi connectivity index (χ3n) is 2.38. The fourth-order valence-corrected chi connectivity index (χ4v) is 1.45. The van der Waals surface area contributed by atoms with Gasteiger partial charge in [0.2, 0.25) is 0 Å². The highest BCUT2D eigenvalue weighted by atomic mass is 16.5. The van der Waals surface area contributed by atoms with Gasteiger partial charge in [0.25, 0.3) is 5.91 Å². The van der Waals surface area contributed by atoms with Crippen molar-refractivity contribution in [2.45, 2.75) is 12.5 Å². The maximum Gasteiger partial charge on any atom is 0.320 e. The molecule has 0 saturated heterocycles. The van der Waals surface area contributed by atoms with Gasteiger partial charge in [-0.2, -0.15) is 0 Å². The third-order valence-corrected chi connectivity index (χ3v) is 2.38. The van der Waals surface area contributed by atoms with Crippen LogP contribution in [0.15, 0.2) is 18.2 Å². The molecule has 1 amide bonds. The van der Waals surface area contributed by atoms with Gasteiger partial charge in [-0.1, -0.05) is 6.07 Å². The van der Waals surface area contributed by atoms with Crippen molar-refractivity contribution in [3.8, 4) is 5.75 Å². The number of ether oxygens (including phenoxy) is 1. The average molecular weight is 254 g/mol. The van der Waals surface area contributed by atoms with E-state index in [2.05, 4.69) is 0 Å². The Kier molecular flexibility index (Phi) is 4.64. The van der Waals surface area contributed by atoms with Gasteiger partial charge in [-0.15, -0.1) is 0 Å². The lowest BCUT2D eigenvalue weighted by atomic mass is 10.0. The lowest BCUT2D eigenvalue weighted by molar-refractivity contribution is -0.138. The zero-order chi connectivity index (χ0) is 13.7. The molecule has 0 unspecified atom stereocenters. The monoisotopic (exact) mass is 254 g/mol. The first-order chi connectivity index (χ1) is 8.49. The number of methoxy groups -OCH3 is 1. The van der Waals surface area contributed by atoms with Crippen molar-refractivity contribution in [1.82, 2.24) is 5.48 Å². The average Bonchev–Trinajstić information content (AvgIpc) is 2.37. The summed E-state index contributed by atoms with van der Waals surface area (Å²) >= 11 is 0. The number of carbonyl (C=O) groups is 2. The summed E-state index contributed by atoms with van der Waals surface area (Å²) in [4.78, 5) is 21.9. The number of carboxylic acid groups (broad SMARTS) is 1. The van der Waals surface area contributed by atoms with Gasteiger partial charge in [-0.3, -0.25) is 14.8 Å². The van der Waals surface area contributed by atoms with Crippen molar-refractivity contribution in [1.29, 1.82) is 0 Å². The molecule has 0 aliphatic rings. The summed E-state index contributed by atoms with van der Waals surface area (Å²) in [5.74, 6) is -1.58. The van der Waals surface area contributed by atoms with Crippen molar-refractivity contribution in [2.24, 2.45) is 5.73 Å². The molecule has 0 spiro atoms. The number of nitrogens with two attached hydrogens (primary N) is 1. The molecular formula is C11H14N2O5. The Morgan fingerprint density at radius 1 is 1.50 bits per heavy atom. The number of amides is 1. The number of benzene rings is 1. The molecule has 0 aromatic heterocycles. The van der Waals surface area contributed by atoms with Gasteiger partial charge in [0.05, 0.1) is 12.7 Å². The molecule has 0 fully saturated rings. The number of nitrogens with one attached hydrogen (secondary N) is 1. The first-order valence-corrected chi connectivity index (χ1v) is 5.09. The highest BCUT2D eigenvalue weighted by Gasteiger charge is 2.16. The standard InChI is InChI=1S/C11H14N2O5/c1-18-9-5-6(4-8(12)11(15)16)2-3-7(9)10(14)13-17/h2-3,5,8,17H,4,12H2,1H3,(H,13,14)(H,15,16)/t8-/m0/s1. The summed E-state index contributed by atoms with van der Waals surface area (Å²) in [6.07, 6.45) is 0.118. The summed E-state index contributed by atoms with van der Waals surface area (Å²) in [5, 5.41) is 17.2. The third kappa shape index (κ3) is 3.19. The molecule has 5 N–H and O–H groups in total. The smallest absolute Gasteiger partial charge is 0.320 e. The number of hydrogen-bond acceptors (Lipinski definition) is 5. The van der Waals surface area contributed by atoms with Crippen LogP contribution in [0.3, 0.4) is 0 Å². The first kappa shape index (κ1) is 13.9. The van der Waals surface area contributed by atoms with E-state index < -0.39 is 17.9 Å². The zero-order valence-electron chi connectivity index (χ0n) is 9.71. The number of hydroxylamine groups is 1. The lowest BCUT2D eigenvalue weighted by Crippen LogP contribution is -2.32. The van der Waals surface area contributed by atoms with E-state index >= 15 is 0 Å². The quantitative estimate of drug-likeness (QED) is 0.425. The minimum atomic E-state index is -1.11. The van der Waals surface area contributed by atoms with Gasteiger partial charge >= 0.3 is 5.97 Å². The summed E-state index contributed by atoms with van der Waals surface area (Å²) < 4.78 is 4.99. The Labute approximate surface area is 103 Å². The molecule has 1 rings (SSSR count). The summed E-state index contributed by atoms with van der Waals surface area (Å²) in [5.41, 5.74) is 7.67. The van der Waals surface area contributed by atoms with E-state index in [1.807, 2.05) is 0 Å². The van der Waals surface area contributed by atoms with Crippen LogP contribution in [0.2, 0.25) is 0 Å². The van der Waals surface area contributed by atoms with Crippen LogP contribution in [0.25, 0.3) is 0 Å². The molecule has 0 bridgehead atoms. The molecule has 0 aliphatic heterocycles. The van der Waals surface area contributed by atoms with E-state index in [0.717, 1.165) is 0 Å². The number of carboxylic acids is 1. The second-order valence-corrected chi connectivity index (χ2v) is 3.62. The van der Waals surface area contributed by atoms with Gasteiger partial charge in [0.1, 0.15) is 11.8 Å². The van der Waals surface area contributed by atoms with Crippen LogP contribution < -0.4 is 16.0 Å². The van der Waals surface area contributed by atoms with E-state index in [-0.39, 0.29) is 17.7 Å². The largest absolute Gasteiger partial charge is 0.496 e. The minimum absolute atomic E-state index is 0.118. The van der Waals surface area contributed by atoms with Crippen LogP contribution in [0, 0.1) is 0 Å². The maximum absolute atomic E-state index is 11.3. The highest BCUT2D eigenvalue weighted by Crippen LogP contribution is 2.20. The van der Waals surface area contributed by atoms with E-state index in [0.29, 0.717) is 5.56 Å². The summed E-state index contributed by atoms with van der Waals surface area (Å²) in [6.45, 7) is 0. The molecular weight excluding hydrogens is 240 g/mol. The van der Waals surface area contributed by atoms with Crippen molar-refractivity contribution in [2.75, 3.05) is 7.11 Å². The van der Waals surface area contributed by atoms with E-state index in [9.17, 15) is 9.59 Å². The molecule has 1 aromatic rings. The van der Waals surface area contributed by atoms with Gasteiger partial charge in [0.15, 0.2) is 0 Å². The summed E-state index contributed by atoms with van der Waals surface area (Å²) in [6, 6.07) is 3.46. The van der Waals surface area contributed by atoms with Gasteiger partial charge in [-0.05, 0) is 24.1 Å². The SMILES string of the molecule is COc1cc(C[C@H](N)C(=O)O)ccc1C(=O)NO. The van der Waals surface area contributed by atoms with Crippen molar-refractivity contribution < 1.29 is 24.6 Å². The lowest BCUT2D eigenvalue weighted by Gasteiger charge is -2.11. The fraction of sp³-hybridized carbons (Fsp3) is 0.273. The van der Waals surface area contributed by atoms with Gasteiger partial charge < -0.3 is 15.6 Å². The molecule has 0 radical (unpaired) electrons. The van der Waals surface area contributed by atoms with Crippen molar-refractivity contribution >= 4 is 11.9 Å². The molecule has 0 saturated carbocycles. The molecule has 18 heavy (non-hydrogen) atoms. The van der Waals surface area contributed by atoms with Crippen molar-refractivity contribution in [3.63, 3.8) is 0 Å². The van der Waals surface area contributed by atoms with E-state index in [4.69, 9.17) is 20.8 Å². The first-order valence-electron chi connectivity index (χ1n) is 5.09. The van der Waals surface area contributed by atoms with Crippen LogP contribution in [0.5, 0.6) is 5.75 Å². The molecule has 1 atom stereocenters. The van der Waals surface area contributed by atoms with Gasteiger partial charge in [0, 0.05) is 0 Å². The van der Waals surface area contributed by atoms with Crippen LogP contribution in [-0.2, 0) is 11.2 Å². The topological polar surface area (TPSA) is 122 Å². The Morgan fingerprint density at radius 3 is 2.67 bits per heavy atom. The molecule has 0 aliphatic carbocycles. The maximum atomic E-state index is 11.3. The second kappa shape index (κ2) is 5.99. The Bertz CT molecular complexity index is 461. The zero-order valence-corrected chi connectivity index (χ0v) is 9.71. The number of aliphatic carboxylic acids is 1. The second-order valence-electron chi connectivity index (χ2n) is 3.62. The van der Waals surface area contributed by atoms with Gasteiger partial charge in [-0.25, -0.2) is 5.48 Å². The van der Waals surface area contributed by atoms with Crippen LogP contribution in [0.4, 0.5) is 0 Å². The normalized spacial score (nSPS) is 11.7. The van der Waals surface area contributed by atoms with E-state index in [1.165, 1.54) is 24.7 Å². The van der Waals surface area contributed by atoms with Crippen molar-refractivity contribution in [3.05, 3.63) is 29.3 Å². The summed E-state index contributed by atoms with van der Waals surface area (Å²) in [7, 11) is 1.37. The molecule has 0 heterocycles. The van der Waals surface area contributed by atoms with Crippen LogP contribution in [-0.4, -0.2) is 35.3 Å².